The van der Waals surface area contributed by atoms with Crippen LogP contribution in [-0.2, 0) is 6.54 Å². The van der Waals surface area contributed by atoms with Gasteiger partial charge in [0, 0.05) is 5.69 Å². The first-order valence-electron chi connectivity index (χ1n) is 6.12. The number of nitrogens with one attached hydrogen (secondary N) is 1. The lowest BCUT2D eigenvalue weighted by atomic mass is 10.2. The van der Waals surface area contributed by atoms with Crippen molar-refractivity contribution in [1.82, 2.24) is 10.1 Å². The van der Waals surface area contributed by atoms with Crippen LogP contribution in [0.1, 0.15) is 11.7 Å². The maximum atomic E-state index is 9.20. The lowest BCUT2D eigenvalue weighted by molar-refractivity contribution is 0.384. The topological polar surface area (TPSA) is 84.3 Å². The number of phenols is 1. The fraction of sp³-hybridized carbons (Fsp3) is 0.143. The van der Waals surface area contributed by atoms with Crippen molar-refractivity contribution in [3.8, 4) is 17.1 Å². The van der Waals surface area contributed by atoms with Gasteiger partial charge in [-0.25, -0.2) is 0 Å². The van der Waals surface area contributed by atoms with Crippen molar-refractivity contribution in [1.29, 1.82) is 0 Å². The summed E-state index contributed by atoms with van der Waals surface area (Å²) in [4.78, 5) is 4.30. The van der Waals surface area contributed by atoms with E-state index < -0.39 is 0 Å². The lowest BCUT2D eigenvalue weighted by Gasteiger charge is -2.02. The fourth-order valence-corrected chi connectivity index (χ4v) is 1.81. The minimum absolute atomic E-state index is 0.228. The summed E-state index contributed by atoms with van der Waals surface area (Å²) in [5.74, 6) is 1.97. The second-order valence-electron chi connectivity index (χ2n) is 4.30. The van der Waals surface area contributed by atoms with Gasteiger partial charge >= 0.3 is 0 Å². The molecular formula is C14H13N3O3. The first-order chi connectivity index (χ1) is 9.72. The molecule has 3 aromatic rings. The third-order valence-corrected chi connectivity index (χ3v) is 2.88. The molecule has 6 heteroatoms. The summed E-state index contributed by atoms with van der Waals surface area (Å²) in [5, 5.41) is 16.2. The number of aryl methyl sites for hydroxylation is 1. The largest absolute Gasteiger partial charge is 0.508 e. The van der Waals surface area contributed by atoms with Crippen molar-refractivity contribution in [3.63, 3.8) is 0 Å². The first kappa shape index (κ1) is 12.3. The average Bonchev–Trinajstić information content (AvgIpc) is 3.06. The van der Waals surface area contributed by atoms with E-state index in [4.69, 9.17) is 8.94 Å². The summed E-state index contributed by atoms with van der Waals surface area (Å²) in [5.41, 5.74) is 1.69. The molecule has 0 saturated carbocycles. The van der Waals surface area contributed by atoms with Crippen molar-refractivity contribution in [3.05, 3.63) is 48.2 Å². The molecule has 0 aliphatic carbocycles. The van der Waals surface area contributed by atoms with E-state index in [1.54, 1.807) is 36.6 Å². The average molecular weight is 271 g/mol. The number of anilines is 1. The highest BCUT2D eigenvalue weighted by Crippen LogP contribution is 2.21. The van der Waals surface area contributed by atoms with Crippen LogP contribution in [0.2, 0.25) is 0 Å². The molecule has 0 saturated heterocycles. The predicted octanol–water partition coefficient (Wildman–Crippen LogP) is 2.96. The molecule has 2 aromatic heterocycles. The zero-order chi connectivity index (χ0) is 13.9. The number of phenolic OH excluding ortho intramolecular Hbond substituents is 1. The van der Waals surface area contributed by atoms with Crippen LogP contribution in [-0.4, -0.2) is 15.2 Å². The Labute approximate surface area is 115 Å². The first-order valence-corrected chi connectivity index (χ1v) is 6.12. The van der Waals surface area contributed by atoms with E-state index >= 15 is 0 Å². The zero-order valence-corrected chi connectivity index (χ0v) is 10.8. The van der Waals surface area contributed by atoms with Gasteiger partial charge in [0.15, 0.2) is 0 Å². The number of rotatable bonds is 4. The van der Waals surface area contributed by atoms with Crippen LogP contribution in [0.5, 0.6) is 5.75 Å². The van der Waals surface area contributed by atoms with Crippen LogP contribution in [0.3, 0.4) is 0 Å². The monoisotopic (exact) mass is 271 g/mol. The van der Waals surface area contributed by atoms with Gasteiger partial charge in [-0.15, -0.1) is 0 Å². The summed E-state index contributed by atoms with van der Waals surface area (Å²) in [6, 6.07) is 8.56. The Hall–Kier alpha value is -2.76. The van der Waals surface area contributed by atoms with Crippen LogP contribution in [0.4, 0.5) is 5.69 Å². The molecule has 0 aliphatic rings. The molecule has 0 amide bonds. The number of hydrogen-bond acceptors (Lipinski definition) is 6. The molecule has 20 heavy (non-hydrogen) atoms. The van der Waals surface area contributed by atoms with Gasteiger partial charge in [0.1, 0.15) is 11.5 Å². The minimum atomic E-state index is 0.228. The highest BCUT2D eigenvalue weighted by atomic mass is 16.5. The maximum absolute atomic E-state index is 9.20. The molecule has 102 valence electrons. The minimum Gasteiger partial charge on any atom is -0.508 e. The summed E-state index contributed by atoms with van der Waals surface area (Å²) in [6.07, 6.45) is 1.59. The van der Waals surface area contributed by atoms with Crippen LogP contribution in [0.15, 0.2) is 45.5 Å². The molecule has 0 aliphatic heterocycles. The summed E-state index contributed by atoms with van der Waals surface area (Å²) < 4.78 is 10.4. The molecule has 0 spiro atoms. The van der Waals surface area contributed by atoms with Gasteiger partial charge in [-0.1, -0.05) is 5.16 Å². The highest BCUT2D eigenvalue weighted by Gasteiger charge is 2.12. The molecule has 0 radical (unpaired) electrons. The van der Waals surface area contributed by atoms with E-state index in [1.165, 1.54) is 0 Å². The van der Waals surface area contributed by atoms with Crippen molar-refractivity contribution in [2.75, 3.05) is 5.32 Å². The normalized spacial score (nSPS) is 10.7. The van der Waals surface area contributed by atoms with Crippen molar-refractivity contribution in [2.24, 2.45) is 0 Å². The summed E-state index contributed by atoms with van der Waals surface area (Å²) in [6.45, 7) is 2.26. The van der Waals surface area contributed by atoms with Crippen LogP contribution < -0.4 is 5.32 Å². The molecular weight excluding hydrogens is 258 g/mol. The lowest BCUT2D eigenvalue weighted by Crippen LogP contribution is -1.99. The van der Waals surface area contributed by atoms with Gasteiger partial charge in [-0.3, -0.25) is 0 Å². The Kier molecular flexibility index (Phi) is 3.12. The molecule has 2 N–H and O–H groups in total. The molecule has 2 heterocycles. The molecule has 3 rings (SSSR count). The number of aromatic nitrogens is 2. The van der Waals surface area contributed by atoms with E-state index in [0.29, 0.717) is 18.3 Å². The number of nitrogens with zero attached hydrogens (tertiary/aromatic N) is 2. The Morgan fingerprint density at radius 3 is 2.70 bits per heavy atom. The maximum Gasteiger partial charge on any atom is 0.246 e. The standard InChI is InChI=1S/C14H13N3O3/c1-9-12(6-7-19-9)14-16-13(20-17-14)8-15-10-2-4-11(18)5-3-10/h2-7,15,18H,8H2,1H3. The molecule has 0 bridgehead atoms. The van der Waals surface area contributed by atoms with E-state index in [9.17, 15) is 5.11 Å². The van der Waals surface area contributed by atoms with Gasteiger partial charge in [-0.2, -0.15) is 4.98 Å². The van der Waals surface area contributed by atoms with Crippen molar-refractivity contribution in [2.45, 2.75) is 13.5 Å². The Bertz CT molecular complexity index is 701. The molecule has 1 aromatic carbocycles. The smallest absolute Gasteiger partial charge is 0.246 e. The third kappa shape index (κ3) is 2.49. The van der Waals surface area contributed by atoms with Crippen LogP contribution in [0, 0.1) is 6.92 Å². The van der Waals surface area contributed by atoms with E-state index in [2.05, 4.69) is 15.5 Å². The molecule has 0 unspecified atom stereocenters. The van der Waals surface area contributed by atoms with Gasteiger partial charge in [0.25, 0.3) is 0 Å². The highest BCUT2D eigenvalue weighted by molar-refractivity contribution is 5.56. The van der Waals surface area contributed by atoms with Crippen LogP contribution in [0.25, 0.3) is 11.4 Å². The predicted molar refractivity (Wildman–Crippen MR) is 72.2 cm³/mol. The van der Waals surface area contributed by atoms with Gasteiger partial charge in [-0.05, 0) is 37.3 Å². The molecule has 6 nitrogen and oxygen atoms in total. The Balaban J connectivity index is 1.69. The molecule has 0 atom stereocenters. The number of aromatic hydroxyl groups is 1. The quantitative estimate of drug-likeness (QED) is 0.710. The number of hydrogen-bond donors (Lipinski definition) is 2. The van der Waals surface area contributed by atoms with Crippen molar-refractivity contribution >= 4 is 5.69 Å². The molecule has 0 fully saturated rings. The van der Waals surface area contributed by atoms with E-state index in [1.807, 2.05) is 6.92 Å². The Morgan fingerprint density at radius 1 is 1.20 bits per heavy atom. The van der Waals surface area contributed by atoms with E-state index in [0.717, 1.165) is 17.0 Å². The second kappa shape index (κ2) is 5.08. The Morgan fingerprint density at radius 2 is 2.00 bits per heavy atom. The SMILES string of the molecule is Cc1occc1-c1noc(CNc2ccc(O)cc2)n1. The third-order valence-electron chi connectivity index (χ3n) is 2.88. The van der Waals surface area contributed by atoms with E-state index in [-0.39, 0.29) is 5.75 Å². The van der Waals surface area contributed by atoms with Crippen LogP contribution >= 0.6 is 0 Å². The second-order valence-corrected chi connectivity index (χ2v) is 4.30. The number of furan rings is 1. The van der Waals surface area contributed by atoms with Crippen molar-refractivity contribution < 1.29 is 14.0 Å². The van der Waals surface area contributed by atoms with Gasteiger partial charge in [0.05, 0.1) is 18.4 Å². The number of benzene rings is 1. The zero-order valence-electron chi connectivity index (χ0n) is 10.8. The fourth-order valence-electron chi connectivity index (χ4n) is 1.81. The summed E-state index contributed by atoms with van der Waals surface area (Å²) in [7, 11) is 0. The van der Waals surface area contributed by atoms with Gasteiger partial charge < -0.3 is 19.4 Å². The summed E-state index contributed by atoms with van der Waals surface area (Å²) >= 11 is 0. The van der Waals surface area contributed by atoms with Gasteiger partial charge in [0.2, 0.25) is 11.7 Å².